The Hall–Kier alpha value is -2.12. The highest BCUT2D eigenvalue weighted by Crippen LogP contribution is 2.37. The van der Waals surface area contributed by atoms with E-state index in [0.29, 0.717) is 11.8 Å². The summed E-state index contributed by atoms with van der Waals surface area (Å²) >= 11 is 0. The third-order valence-electron chi connectivity index (χ3n) is 3.04. The number of ether oxygens (including phenoxy) is 3. The summed E-state index contributed by atoms with van der Waals surface area (Å²) < 4.78 is 15.0. The molecule has 0 aliphatic heterocycles. The molecule has 0 amide bonds. The van der Waals surface area contributed by atoms with Crippen LogP contribution >= 0.6 is 0 Å². The van der Waals surface area contributed by atoms with Crippen molar-refractivity contribution in [2.45, 2.75) is 25.6 Å². The summed E-state index contributed by atoms with van der Waals surface area (Å²) in [7, 11) is 2.72. The number of methoxy groups -OCH3 is 2. The minimum Gasteiger partial charge on any atom is -0.496 e. The summed E-state index contributed by atoms with van der Waals surface area (Å²) in [4.78, 5) is 22.3. The number of esters is 1. The zero-order chi connectivity index (χ0) is 16.7. The van der Waals surface area contributed by atoms with Gasteiger partial charge in [-0.1, -0.05) is 0 Å². The van der Waals surface area contributed by atoms with Gasteiger partial charge in [-0.2, -0.15) is 0 Å². The summed E-state index contributed by atoms with van der Waals surface area (Å²) in [6, 6.07) is 2.82. The van der Waals surface area contributed by atoms with Crippen molar-refractivity contribution in [3.8, 4) is 11.5 Å². The third kappa shape index (κ3) is 4.19. The first kappa shape index (κ1) is 17.9. The lowest BCUT2D eigenvalue weighted by Gasteiger charge is -2.22. The van der Waals surface area contributed by atoms with Crippen molar-refractivity contribution >= 4 is 12.3 Å². The highest BCUT2D eigenvalue weighted by atomic mass is 16.5. The van der Waals surface area contributed by atoms with Crippen molar-refractivity contribution in [3.05, 3.63) is 23.3 Å². The van der Waals surface area contributed by atoms with Crippen molar-refractivity contribution in [1.29, 1.82) is 0 Å². The van der Waals surface area contributed by atoms with E-state index in [4.69, 9.17) is 14.2 Å². The Morgan fingerprint density at radius 3 is 2.18 bits per heavy atom. The number of aldehydes is 1. The molecule has 0 spiro atoms. The zero-order valence-corrected chi connectivity index (χ0v) is 12.7. The van der Waals surface area contributed by atoms with Crippen LogP contribution in [0.4, 0.5) is 0 Å². The Balaban J connectivity index is 3.12. The fraction of sp³-hybridized carbons (Fsp3) is 0.467. The van der Waals surface area contributed by atoms with Crippen LogP contribution in [0.2, 0.25) is 0 Å². The van der Waals surface area contributed by atoms with Crippen LogP contribution in [0.25, 0.3) is 0 Å². The fourth-order valence-electron chi connectivity index (χ4n) is 2.01. The molecule has 2 unspecified atom stereocenters. The van der Waals surface area contributed by atoms with E-state index in [1.165, 1.54) is 26.4 Å². The van der Waals surface area contributed by atoms with Gasteiger partial charge in [-0.15, -0.1) is 0 Å². The lowest BCUT2D eigenvalue weighted by Crippen LogP contribution is -2.24. The van der Waals surface area contributed by atoms with E-state index in [0.717, 1.165) is 0 Å². The average molecular weight is 312 g/mol. The standard InChI is InChI=1S/C15H20O7/c1-4-22-13(18)7-10(17)15(19)14-11(20-2)5-9(8-16)6-12(14)21-3/h5-6,8,10,15,17,19H,4,7H2,1-3H3. The molecule has 0 bridgehead atoms. The van der Waals surface area contributed by atoms with Crippen LogP contribution in [-0.4, -0.2) is 49.4 Å². The number of aliphatic hydroxyl groups is 2. The van der Waals surface area contributed by atoms with Crippen LogP contribution in [0, 0.1) is 0 Å². The van der Waals surface area contributed by atoms with Gasteiger partial charge in [-0.25, -0.2) is 0 Å². The molecule has 1 aromatic carbocycles. The number of aliphatic hydroxyl groups excluding tert-OH is 2. The molecular formula is C15H20O7. The van der Waals surface area contributed by atoms with E-state index in [2.05, 4.69) is 0 Å². The predicted molar refractivity (Wildman–Crippen MR) is 77.2 cm³/mol. The fourth-order valence-corrected chi connectivity index (χ4v) is 2.01. The van der Waals surface area contributed by atoms with Crippen LogP contribution in [0.15, 0.2) is 12.1 Å². The van der Waals surface area contributed by atoms with E-state index < -0.39 is 18.2 Å². The Labute approximate surface area is 128 Å². The predicted octanol–water partition coefficient (Wildman–Crippen LogP) is 0.864. The lowest BCUT2D eigenvalue weighted by atomic mass is 9.98. The molecule has 7 heteroatoms. The van der Waals surface area contributed by atoms with E-state index in [-0.39, 0.29) is 30.1 Å². The van der Waals surface area contributed by atoms with Gasteiger partial charge in [0.2, 0.25) is 0 Å². The number of hydrogen-bond acceptors (Lipinski definition) is 7. The first-order valence-electron chi connectivity index (χ1n) is 6.71. The first-order valence-corrected chi connectivity index (χ1v) is 6.71. The highest BCUT2D eigenvalue weighted by molar-refractivity contribution is 5.77. The summed E-state index contributed by atoms with van der Waals surface area (Å²) in [6.07, 6.45) is -2.61. The van der Waals surface area contributed by atoms with Crippen molar-refractivity contribution in [3.63, 3.8) is 0 Å². The van der Waals surface area contributed by atoms with Crippen molar-refractivity contribution < 1.29 is 34.0 Å². The molecule has 0 aliphatic rings. The number of carbonyl (C=O) groups excluding carboxylic acids is 2. The van der Waals surface area contributed by atoms with Gasteiger partial charge in [0.15, 0.2) is 0 Å². The topological polar surface area (TPSA) is 102 Å². The maximum Gasteiger partial charge on any atom is 0.308 e. The number of hydrogen-bond donors (Lipinski definition) is 2. The van der Waals surface area contributed by atoms with Gasteiger partial charge in [0, 0.05) is 5.56 Å². The van der Waals surface area contributed by atoms with Crippen molar-refractivity contribution in [2.75, 3.05) is 20.8 Å². The molecule has 0 heterocycles. The highest BCUT2D eigenvalue weighted by Gasteiger charge is 2.28. The Kier molecular flexibility index (Phi) is 6.81. The van der Waals surface area contributed by atoms with E-state index >= 15 is 0 Å². The molecule has 7 nitrogen and oxygen atoms in total. The molecule has 0 radical (unpaired) electrons. The van der Waals surface area contributed by atoms with Crippen LogP contribution in [0.5, 0.6) is 11.5 Å². The first-order chi connectivity index (χ1) is 10.5. The maximum absolute atomic E-state index is 11.4. The molecule has 2 atom stereocenters. The molecule has 1 aromatic rings. The Morgan fingerprint density at radius 2 is 1.77 bits per heavy atom. The van der Waals surface area contributed by atoms with E-state index in [9.17, 15) is 19.8 Å². The third-order valence-corrected chi connectivity index (χ3v) is 3.04. The molecule has 122 valence electrons. The van der Waals surface area contributed by atoms with Crippen LogP contribution in [-0.2, 0) is 9.53 Å². The largest absolute Gasteiger partial charge is 0.496 e. The number of rotatable bonds is 8. The quantitative estimate of drug-likeness (QED) is 0.542. The monoisotopic (exact) mass is 312 g/mol. The van der Waals surface area contributed by atoms with Gasteiger partial charge < -0.3 is 24.4 Å². The number of carbonyl (C=O) groups is 2. The molecule has 22 heavy (non-hydrogen) atoms. The molecule has 0 saturated heterocycles. The summed E-state index contributed by atoms with van der Waals surface area (Å²) in [5.74, 6) is -0.273. The van der Waals surface area contributed by atoms with Gasteiger partial charge >= 0.3 is 5.97 Å². The second-order valence-corrected chi connectivity index (χ2v) is 4.48. The normalized spacial score (nSPS) is 13.1. The average Bonchev–Trinajstić information content (AvgIpc) is 2.52. The minimum absolute atomic E-state index is 0.160. The summed E-state index contributed by atoms with van der Waals surface area (Å²) in [5.41, 5.74) is 0.455. The second kappa shape index (κ2) is 8.35. The Morgan fingerprint density at radius 1 is 1.23 bits per heavy atom. The molecule has 1 rings (SSSR count). The summed E-state index contributed by atoms with van der Waals surface area (Å²) in [6.45, 7) is 1.83. The maximum atomic E-state index is 11.4. The van der Waals surface area contributed by atoms with Gasteiger partial charge in [0.1, 0.15) is 23.9 Å². The number of benzene rings is 1. The minimum atomic E-state index is -1.44. The van der Waals surface area contributed by atoms with Crippen LogP contribution in [0.3, 0.4) is 0 Å². The zero-order valence-electron chi connectivity index (χ0n) is 12.7. The molecule has 0 aromatic heterocycles. The Bertz CT molecular complexity index is 502. The van der Waals surface area contributed by atoms with Gasteiger partial charge in [0.25, 0.3) is 0 Å². The van der Waals surface area contributed by atoms with Crippen molar-refractivity contribution in [2.24, 2.45) is 0 Å². The van der Waals surface area contributed by atoms with Crippen LogP contribution in [0.1, 0.15) is 35.4 Å². The molecule has 0 aliphatic carbocycles. The molecule has 2 N–H and O–H groups in total. The smallest absolute Gasteiger partial charge is 0.308 e. The molecular weight excluding hydrogens is 292 g/mol. The van der Waals surface area contributed by atoms with Gasteiger partial charge in [0.05, 0.1) is 38.9 Å². The lowest BCUT2D eigenvalue weighted by molar-refractivity contribution is -0.147. The SMILES string of the molecule is CCOC(=O)CC(O)C(O)c1c(OC)cc(C=O)cc1OC. The molecule has 0 saturated carbocycles. The summed E-state index contributed by atoms with van der Waals surface area (Å²) in [5, 5.41) is 20.3. The second-order valence-electron chi connectivity index (χ2n) is 4.48. The molecule has 0 fully saturated rings. The van der Waals surface area contributed by atoms with Crippen molar-refractivity contribution in [1.82, 2.24) is 0 Å². The van der Waals surface area contributed by atoms with E-state index in [1.54, 1.807) is 6.92 Å². The van der Waals surface area contributed by atoms with Gasteiger partial charge in [-0.3, -0.25) is 9.59 Å². The van der Waals surface area contributed by atoms with Gasteiger partial charge in [-0.05, 0) is 19.1 Å². The van der Waals surface area contributed by atoms with E-state index in [1.807, 2.05) is 0 Å². The van der Waals surface area contributed by atoms with Crippen LogP contribution < -0.4 is 9.47 Å².